The summed E-state index contributed by atoms with van der Waals surface area (Å²) in [7, 11) is 0. The molecule has 2 heteroatoms. The van der Waals surface area contributed by atoms with Crippen molar-refractivity contribution in [2.45, 2.75) is 44.7 Å². The third-order valence-electron chi connectivity index (χ3n) is 4.30. The summed E-state index contributed by atoms with van der Waals surface area (Å²) in [6.45, 7) is 2.40. The number of hydrazine groups is 1. The molecule has 1 aliphatic heterocycles. The van der Waals surface area contributed by atoms with E-state index in [9.17, 15) is 0 Å². The Morgan fingerprint density at radius 2 is 2.00 bits per heavy atom. The standard InChI is InChI=1S/C10H18N2/c1-7-5-8-3-2-4-9(6-8)10(7)11-12-10/h7-9,11-12H,2-6H2,1H3. The lowest BCUT2D eigenvalue weighted by Gasteiger charge is -2.42. The predicted molar refractivity (Wildman–Crippen MR) is 48.2 cm³/mol. The number of rotatable bonds is 0. The first-order chi connectivity index (χ1) is 5.81. The zero-order valence-electron chi connectivity index (χ0n) is 7.77. The first-order valence-corrected chi connectivity index (χ1v) is 5.35. The quantitative estimate of drug-likeness (QED) is 0.537. The van der Waals surface area contributed by atoms with E-state index in [1.807, 2.05) is 0 Å². The molecule has 2 N–H and O–H groups in total. The molecule has 1 saturated heterocycles. The van der Waals surface area contributed by atoms with Gasteiger partial charge >= 0.3 is 0 Å². The van der Waals surface area contributed by atoms with E-state index in [-0.39, 0.29) is 0 Å². The summed E-state index contributed by atoms with van der Waals surface area (Å²) < 4.78 is 0. The van der Waals surface area contributed by atoms with Gasteiger partial charge < -0.3 is 0 Å². The van der Waals surface area contributed by atoms with E-state index in [0.29, 0.717) is 5.66 Å². The Morgan fingerprint density at radius 3 is 2.75 bits per heavy atom. The van der Waals surface area contributed by atoms with Crippen LogP contribution in [-0.2, 0) is 0 Å². The molecule has 2 aliphatic carbocycles. The molecule has 0 radical (unpaired) electrons. The molecule has 0 aromatic rings. The average Bonchev–Trinajstić information content (AvgIpc) is 2.83. The molecule has 0 aromatic heterocycles. The van der Waals surface area contributed by atoms with Gasteiger partial charge in [0.15, 0.2) is 0 Å². The fraction of sp³-hybridized carbons (Fsp3) is 1.00. The first-order valence-electron chi connectivity index (χ1n) is 5.35. The highest BCUT2D eigenvalue weighted by molar-refractivity contribution is 5.08. The Bertz CT molecular complexity index is 196. The van der Waals surface area contributed by atoms with Crippen molar-refractivity contribution >= 4 is 0 Å². The van der Waals surface area contributed by atoms with Gasteiger partial charge in [0.25, 0.3) is 0 Å². The minimum Gasteiger partial charge on any atom is -0.234 e. The normalized spacial score (nSPS) is 49.2. The van der Waals surface area contributed by atoms with Crippen molar-refractivity contribution in [2.75, 3.05) is 0 Å². The molecule has 1 spiro atoms. The second-order valence-corrected chi connectivity index (χ2v) is 4.99. The molecule has 1 heterocycles. The zero-order chi connectivity index (χ0) is 8.18. The minimum atomic E-state index is 0.386. The molecule has 3 rings (SSSR count). The van der Waals surface area contributed by atoms with Crippen LogP contribution in [0.5, 0.6) is 0 Å². The molecule has 12 heavy (non-hydrogen) atoms. The largest absolute Gasteiger partial charge is 0.234 e. The second-order valence-electron chi connectivity index (χ2n) is 4.99. The van der Waals surface area contributed by atoms with E-state index in [2.05, 4.69) is 17.8 Å². The molecule has 3 atom stereocenters. The van der Waals surface area contributed by atoms with Crippen LogP contribution in [0.3, 0.4) is 0 Å². The first kappa shape index (κ1) is 7.34. The molecule has 3 unspecified atom stereocenters. The van der Waals surface area contributed by atoms with Gasteiger partial charge in [0.05, 0.1) is 5.66 Å². The molecule has 3 aliphatic rings. The Hall–Kier alpha value is -0.0800. The van der Waals surface area contributed by atoms with Crippen LogP contribution < -0.4 is 10.9 Å². The average molecular weight is 166 g/mol. The summed E-state index contributed by atoms with van der Waals surface area (Å²) in [6.07, 6.45) is 7.33. The van der Waals surface area contributed by atoms with E-state index in [0.717, 1.165) is 17.8 Å². The van der Waals surface area contributed by atoms with Crippen LogP contribution in [0.4, 0.5) is 0 Å². The van der Waals surface area contributed by atoms with Crippen LogP contribution in [0.2, 0.25) is 0 Å². The van der Waals surface area contributed by atoms with Crippen LogP contribution >= 0.6 is 0 Å². The molecule has 2 bridgehead atoms. The highest BCUT2D eigenvalue weighted by Gasteiger charge is 2.56. The van der Waals surface area contributed by atoms with Crippen molar-refractivity contribution in [1.29, 1.82) is 0 Å². The SMILES string of the molecule is CC1CC2CCCC(C2)C12NN2. The molecule has 3 fully saturated rings. The molecular formula is C10H18N2. The highest BCUT2D eigenvalue weighted by atomic mass is 15.7. The summed E-state index contributed by atoms with van der Waals surface area (Å²) in [5, 5.41) is 0. The van der Waals surface area contributed by atoms with Crippen LogP contribution in [0.1, 0.15) is 39.0 Å². The van der Waals surface area contributed by atoms with Gasteiger partial charge in [0.2, 0.25) is 0 Å². The van der Waals surface area contributed by atoms with Gasteiger partial charge in [-0.2, -0.15) is 0 Å². The molecule has 0 amide bonds. The Labute approximate surface area is 74.1 Å². The number of hydrogen-bond donors (Lipinski definition) is 2. The minimum absolute atomic E-state index is 0.386. The van der Waals surface area contributed by atoms with Crippen molar-refractivity contribution in [3.63, 3.8) is 0 Å². The number of fused-ring (bicyclic) bond motifs is 3. The van der Waals surface area contributed by atoms with Gasteiger partial charge in [-0.15, -0.1) is 0 Å². The lowest BCUT2D eigenvalue weighted by molar-refractivity contribution is 0.0930. The van der Waals surface area contributed by atoms with Gasteiger partial charge in [-0.25, -0.2) is 10.9 Å². The van der Waals surface area contributed by atoms with E-state index in [4.69, 9.17) is 0 Å². The van der Waals surface area contributed by atoms with Crippen molar-refractivity contribution < 1.29 is 0 Å². The lowest BCUT2D eigenvalue weighted by Crippen LogP contribution is -2.44. The van der Waals surface area contributed by atoms with E-state index in [1.165, 1.54) is 32.1 Å². The third kappa shape index (κ3) is 0.826. The van der Waals surface area contributed by atoms with Gasteiger partial charge in [-0.3, -0.25) is 0 Å². The van der Waals surface area contributed by atoms with Crippen molar-refractivity contribution in [3.8, 4) is 0 Å². The third-order valence-corrected chi connectivity index (χ3v) is 4.30. The topological polar surface area (TPSA) is 43.9 Å². The van der Waals surface area contributed by atoms with Crippen molar-refractivity contribution in [1.82, 2.24) is 10.9 Å². The van der Waals surface area contributed by atoms with Gasteiger partial charge in [-0.05, 0) is 37.0 Å². The van der Waals surface area contributed by atoms with E-state index >= 15 is 0 Å². The van der Waals surface area contributed by atoms with E-state index in [1.54, 1.807) is 0 Å². The van der Waals surface area contributed by atoms with Crippen LogP contribution in [-0.4, -0.2) is 5.66 Å². The summed E-state index contributed by atoms with van der Waals surface area (Å²) in [5.41, 5.74) is 7.20. The molecule has 68 valence electrons. The van der Waals surface area contributed by atoms with Crippen molar-refractivity contribution in [2.24, 2.45) is 17.8 Å². The van der Waals surface area contributed by atoms with Crippen LogP contribution in [0.15, 0.2) is 0 Å². The van der Waals surface area contributed by atoms with Gasteiger partial charge in [0, 0.05) is 0 Å². The highest BCUT2D eigenvalue weighted by Crippen LogP contribution is 2.49. The molecule has 2 saturated carbocycles. The lowest BCUT2D eigenvalue weighted by atomic mass is 9.64. The monoisotopic (exact) mass is 166 g/mol. The van der Waals surface area contributed by atoms with E-state index < -0.39 is 0 Å². The Kier molecular flexibility index (Phi) is 1.37. The fourth-order valence-corrected chi connectivity index (χ4v) is 3.53. The zero-order valence-corrected chi connectivity index (χ0v) is 7.77. The maximum absolute atomic E-state index is 3.40. The van der Waals surface area contributed by atoms with Gasteiger partial charge in [-0.1, -0.05) is 19.8 Å². The Balaban J connectivity index is 1.86. The van der Waals surface area contributed by atoms with Gasteiger partial charge in [0.1, 0.15) is 0 Å². The van der Waals surface area contributed by atoms with Crippen LogP contribution in [0, 0.1) is 17.8 Å². The predicted octanol–water partition coefficient (Wildman–Crippen LogP) is 1.64. The number of nitrogens with one attached hydrogen (secondary N) is 2. The summed E-state index contributed by atoms with van der Waals surface area (Å²) >= 11 is 0. The summed E-state index contributed by atoms with van der Waals surface area (Å²) in [6, 6.07) is 0. The van der Waals surface area contributed by atoms with Crippen LogP contribution in [0.25, 0.3) is 0 Å². The molecule has 2 nitrogen and oxygen atoms in total. The maximum atomic E-state index is 3.40. The molecular weight excluding hydrogens is 148 g/mol. The maximum Gasteiger partial charge on any atom is 0.0996 e. The Morgan fingerprint density at radius 1 is 1.17 bits per heavy atom. The smallest absolute Gasteiger partial charge is 0.0996 e. The summed E-state index contributed by atoms with van der Waals surface area (Å²) in [4.78, 5) is 0. The fourth-order valence-electron chi connectivity index (χ4n) is 3.53. The summed E-state index contributed by atoms with van der Waals surface area (Å²) in [5.74, 6) is 2.83. The molecule has 0 aromatic carbocycles. The van der Waals surface area contributed by atoms with Crippen molar-refractivity contribution in [3.05, 3.63) is 0 Å². The number of hydrogen-bond acceptors (Lipinski definition) is 2. The second kappa shape index (κ2) is 2.24.